The number of hydrogen-bond acceptors (Lipinski definition) is 4. The molecule has 0 heterocycles. The molecule has 1 unspecified atom stereocenters. The summed E-state index contributed by atoms with van der Waals surface area (Å²) < 4.78 is 27.8. The fourth-order valence-corrected chi connectivity index (χ4v) is 4.01. The highest BCUT2D eigenvalue weighted by Gasteiger charge is 2.18. The smallest absolute Gasteiger partial charge is 0.261 e. The van der Waals surface area contributed by atoms with Gasteiger partial charge >= 0.3 is 0 Å². The van der Waals surface area contributed by atoms with Crippen LogP contribution in [0.2, 0.25) is 5.02 Å². The van der Waals surface area contributed by atoms with Gasteiger partial charge in [-0.15, -0.1) is 0 Å². The molecule has 150 valence electrons. The summed E-state index contributed by atoms with van der Waals surface area (Å²) in [6.07, 6.45) is 0. The third-order valence-electron chi connectivity index (χ3n) is 4.20. The predicted molar refractivity (Wildman–Crippen MR) is 113 cm³/mol. The lowest BCUT2D eigenvalue weighted by molar-refractivity contribution is 0.0939. The molecule has 0 spiro atoms. The van der Waals surface area contributed by atoms with Crippen LogP contribution in [0, 0.1) is 0 Å². The number of rotatable bonds is 6. The van der Waals surface area contributed by atoms with Crippen molar-refractivity contribution in [1.29, 1.82) is 0 Å². The zero-order valence-electron chi connectivity index (χ0n) is 15.5. The van der Waals surface area contributed by atoms with Gasteiger partial charge in [-0.25, -0.2) is 8.42 Å². The average molecular weight is 431 g/mol. The van der Waals surface area contributed by atoms with E-state index in [9.17, 15) is 18.3 Å². The van der Waals surface area contributed by atoms with Gasteiger partial charge in [0.15, 0.2) is 0 Å². The summed E-state index contributed by atoms with van der Waals surface area (Å²) in [5.41, 5.74) is 1.25. The minimum atomic E-state index is -3.89. The lowest BCUT2D eigenvalue weighted by Crippen LogP contribution is -2.27. The Kier molecular flexibility index (Phi) is 6.10. The van der Waals surface area contributed by atoms with E-state index in [-0.39, 0.29) is 22.3 Å². The molecule has 0 fully saturated rings. The van der Waals surface area contributed by atoms with Crippen molar-refractivity contribution < 1.29 is 18.3 Å². The second-order valence-electron chi connectivity index (χ2n) is 6.43. The van der Waals surface area contributed by atoms with E-state index in [0.717, 1.165) is 5.56 Å². The second-order valence-corrected chi connectivity index (χ2v) is 8.55. The largest absolute Gasteiger partial charge is 0.508 e. The first-order chi connectivity index (χ1) is 13.7. The van der Waals surface area contributed by atoms with Crippen LogP contribution in [0.25, 0.3) is 0 Å². The number of sulfonamides is 1. The Labute approximate surface area is 174 Å². The van der Waals surface area contributed by atoms with Crippen LogP contribution in [0.4, 0.5) is 5.69 Å². The highest BCUT2D eigenvalue weighted by Crippen LogP contribution is 2.21. The quantitative estimate of drug-likeness (QED) is 0.542. The Morgan fingerprint density at radius 1 is 1.00 bits per heavy atom. The molecule has 6 nitrogen and oxygen atoms in total. The number of hydrogen-bond donors (Lipinski definition) is 3. The molecule has 0 radical (unpaired) electrons. The van der Waals surface area contributed by atoms with Gasteiger partial charge in [-0.2, -0.15) is 0 Å². The standard InChI is InChI=1S/C21H19ClN2O4S/c1-14(15-5-2-9-19(25)11-15)23-21(26)16-6-3-10-20(12-16)29(27,28)24-18-8-4-7-17(22)13-18/h2-14,24-25H,1H3,(H,23,26). The number of amides is 1. The van der Waals surface area contributed by atoms with Crippen LogP contribution in [-0.4, -0.2) is 19.4 Å². The monoisotopic (exact) mass is 430 g/mol. The first-order valence-corrected chi connectivity index (χ1v) is 10.6. The van der Waals surface area contributed by atoms with Crippen LogP contribution < -0.4 is 10.0 Å². The van der Waals surface area contributed by atoms with Gasteiger partial charge in [-0.1, -0.05) is 35.9 Å². The Morgan fingerprint density at radius 3 is 2.45 bits per heavy atom. The van der Waals surface area contributed by atoms with Gasteiger partial charge in [0, 0.05) is 10.6 Å². The van der Waals surface area contributed by atoms with Gasteiger partial charge < -0.3 is 10.4 Å². The lowest BCUT2D eigenvalue weighted by Gasteiger charge is -2.15. The molecule has 0 saturated heterocycles. The van der Waals surface area contributed by atoms with Crippen LogP contribution in [-0.2, 0) is 10.0 Å². The summed E-state index contributed by atoms with van der Waals surface area (Å²) in [5, 5.41) is 12.8. The Bertz CT molecular complexity index is 1150. The molecule has 0 aliphatic heterocycles. The van der Waals surface area contributed by atoms with E-state index in [1.165, 1.54) is 30.3 Å². The van der Waals surface area contributed by atoms with Crippen LogP contribution in [0.3, 0.4) is 0 Å². The van der Waals surface area contributed by atoms with E-state index in [2.05, 4.69) is 10.0 Å². The van der Waals surface area contributed by atoms with Gasteiger partial charge in [0.1, 0.15) is 5.75 Å². The Balaban J connectivity index is 1.78. The number of benzene rings is 3. The summed E-state index contributed by atoms with van der Waals surface area (Å²) in [4.78, 5) is 12.5. The van der Waals surface area contributed by atoms with Crippen molar-refractivity contribution >= 4 is 33.2 Å². The van der Waals surface area contributed by atoms with Crippen molar-refractivity contribution in [3.8, 4) is 5.75 Å². The number of nitrogens with one attached hydrogen (secondary N) is 2. The molecule has 3 rings (SSSR count). The normalized spacial score (nSPS) is 12.2. The minimum absolute atomic E-state index is 0.0462. The van der Waals surface area contributed by atoms with E-state index in [0.29, 0.717) is 10.7 Å². The number of carbonyl (C=O) groups excluding carboxylic acids is 1. The topological polar surface area (TPSA) is 95.5 Å². The SMILES string of the molecule is CC(NC(=O)c1cccc(S(=O)(=O)Nc2cccc(Cl)c2)c1)c1cccc(O)c1. The van der Waals surface area contributed by atoms with Crippen molar-refractivity contribution in [3.05, 3.63) is 88.9 Å². The maximum absolute atomic E-state index is 12.7. The van der Waals surface area contributed by atoms with Crippen molar-refractivity contribution in [3.63, 3.8) is 0 Å². The summed E-state index contributed by atoms with van der Waals surface area (Å²) in [6, 6.07) is 18.3. The van der Waals surface area contributed by atoms with Crippen LogP contribution >= 0.6 is 11.6 Å². The lowest BCUT2D eigenvalue weighted by atomic mass is 10.1. The van der Waals surface area contributed by atoms with Gasteiger partial charge in [0.25, 0.3) is 15.9 Å². The number of phenols is 1. The molecule has 0 aromatic heterocycles. The number of carbonyl (C=O) groups is 1. The van der Waals surface area contributed by atoms with E-state index >= 15 is 0 Å². The van der Waals surface area contributed by atoms with Crippen LogP contribution in [0.1, 0.15) is 28.9 Å². The van der Waals surface area contributed by atoms with Crippen LogP contribution in [0.5, 0.6) is 5.75 Å². The Morgan fingerprint density at radius 2 is 1.72 bits per heavy atom. The molecule has 0 aliphatic carbocycles. The summed E-state index contributed by atoms with van der Waals surface area (Å²) >= 11 is 5.89. The second kappa shape index (κ2) is 8.55. The van der Waals surface area contributed by atoms with Crippen molar-refractivity contribution in [2.75, 3.05) is 4.72 Å². The molecule has 1 atom stereocenters. The molecule has 0 bridgehead atoms. The van der Waals surface area contributed by atoms with E-state index in [4.69, 9.17) is 11.6 Å². The molecule has 3 aromatic carbocycles. The first-order valence-electron chi connectivity index (χ1n) is 8.73. The highest BCUT2D eigenvalue weighted by atomic mass is 35.5. The van der Waals surface area contributed by atoms with Gasteiger partial charge in [0.05, 0.1) is 16.6 Å². The predicted octanol–water partition coefficient (Wildman–Crippen LogP) is 4.34. The molecule has 3 aromatic rings. The summed E-state index contributed by atoms with van der Waals surface area (Å²) in [6.45, 7) is 1.77. The van der Waals surface area contributed by atoms with Crippen molar-refractivity contribution in [1.82, 2.24) is 5.32 Å². The number of anilines is 1. The van der Waals surface area contributed by atoms with Crippen LogP contribution in [0.15, 0.2) is 77.7 Å². The molecule has 0 aliphatic rings. The summed E-state index contributed by atoms with van der Waals surface area (Å²) in [5.74, 6) is -0.329. The zero-order valence-corrected chi connectivity index (χ0v) is 17.0. The van der Waals surface area contributed by atoms with E-state index < -0.39 is 15.9 Å². The molecular weight excluding hydrogens is 412 g/mol. The molecule has 0 saturated carbocycles. The first kappa shape index (κ1) is 20.7. The minimum Gasteiger partial charge on any atom is -0.508 e. The Hall–Kier alpha value is -3.03. The van der Waals surface area contributed by atoms with Gasteiger partial charge in [0.2, 0.25) is 0 Å². The average Bonchev–Trinajstić information content (AvgIpc) is 2.67. The van der Waals surface area contributed by atoms with Gasteiger partial charge in [-0.05, 0) is 61.0 Å². The fourth-order valence-electron chi connectivity index (χ4n) is 2.73. The molecule has 8 heteroatoms. The number of halogens is 1. The molecular formula is C21H19ClN2O4S. The highest BCUT2D eigenvalue weighted by molar-refractivity contribution is 7.92. The van der Waals surface area contributed by atoms with E-state index in [1.807, 2.05) is 0 Å². The summed E-state index contributed by atoms with van der Waals surface area (Å²) in [7, 11) is -3.89. The van der Waals surface area contributed by atoms with E-state index in [1.54, 1.807) is 49.4 Å². The van der Waals surface area contributed by atoms with Gasteiger partial charge in [-0.3, -0.25) is 9.52 Å². The third kappa shape index (κ3) is 5.28. The zero-order chi connectivity index (χ0) is 21.0. The number of aromatic hydroxyl groups is 1. The maximum Gasteiger partial charge on any atom is 0.261 e. The van der Waals surface area contributed by atoms with Crippen molar-refractivity contribution in [2.24, 2.45) is 0 Å². The number of phenolic OH excluding ortho intramolecular Hbond substituents is 1. The molecule has 29 heavy (non-hydrogen) atoms. The molecule has 1 amide bonds. The maximum atomic E-state index is 12.7. The third-order valence-corrected chi connectivity index (χ3v) is 5.82. The van der Waals surface area contributed by atoms with Crippen molar-refractivity contribution in [2.45, 2.75) is 17.9 Å². The molecule has 3 N–H and O–H groups in total. The fraction of sp³-hybridized carbons (Fsp3) is 0.0952.